The van der Waals surface area contributed by atoms with E-state index in [1.807, 2.05) is 0 Å². The van der Waals surface area contributed by atoms with Crippen molar-refractivity contribution in [1.82, 2.24) is 0 Å². The normalized spacial score (nSPS) is 11.0. The molecule has 24 heavy (non-hydrogen) atoms. The highest BCUT2D eigenvalue weighted by atomic mass is 32.2. The predicted molar refractivity (Wildman–Crippen MR) is 83.7 cm³/mol. The predicted octanol–water partition coefficient (Wildman–Crippen LogP) is 2.34. The van der Waals surface area contributed by atoms with Crippen molar-refractivity contribution in [3.8, 4) is 11.5 Å². The van der Waals surface area contributed by atoms with Crippen LogP contribution in [0, 0.1) is 5.82 Å². The zero-order chi connectivity index (χ0) is 17.9. The fourth-order valence-corrected chi connectivity index (χ4v) is 3.09. The summed E-state index contributed by atoms with van der Waals surface area (Å²) >= 11 is 0. The maximum Gasteiger partial charge on any atom is 0.338 e. The first-order valence-corrected chi connectivity index (χ1v) is 8.04. The average Bonchev–Trinajstić information content (AvgIpc) is 2.54. The van der Waals surface area contributed by atoms with Crippen LogP contribution < -0.4 is 14.2 Å². The van der Waals surface area contributed by atoms with Crippen LogP contribution in [0.3, 0.4) is 0 Å². The quantitative estimate of drug-likeness (QED) is 0.825. The molecule has 0 amide bonds. The van der Waals surface area contributed by atoms with E-state index < -0.39 is 21.8 Å². The molecule has 0 saturated heterocycles. The van der Waals surface area contributed by atoms with Crippen LogP contribution >= 0.6 is 0 Å². The van der Waals surface area contributed by atoms with Gasteiger partial charge in [-0.3, -0.25) is 4.72 Å². The van der Waals surface area contributed by atoms with Crippen molar-refractivity contribution in [2.24, 2.45) is 0 Å². The van der Waals surface area contributed by atoms with Gasteiger partial charge in [-0.2, -0.15) is 0 Å². The number of aromatic carboxylic acids is 1. The van der Waals surface area contributed by atoms with Gasteiger partial charge in [0.05, 0.1) is 24.7 Å². The molecule has 2 rings (SSSR count). The molecule has 0 fully saturated rings. The summed E-state index contributed by atoms with van der Waals surface area (Å²) in [4.78, 5) is 11.1. The Labute approximate surface area is 137 Å². The highest BCUT2D eigenvalue weighted by Crippen LogP contribution is 2.35. The highest BCUT2D eigenvalue weighted by Gasteiger charge is 2.23. The number of anilines is 1. The number of methoxy groups -OCH3 is 2. The third-order valence-corrected chi connectivity index (χ3v) is 4.45. The number of ether oxygens (including phenoxy) is 2. The van der Waals surface area contributed by atoms with Gasteiger partial charge in [0, 0.05) is 6.07 Å². The van der Waals surface area contributed by atoms with E-state index in [1.165, 1.54) is 32.4 Å². The molecule has 2 aromatic rings. The van der Waals surface area contributed by atoms with Crippen molar-refractivity contribution >= 4 is 21.7 Å². The van der Waals surface area contributed by atoms with E-state index in [2.05, 4.69) is 4.72 Å². The van der Waals surface area contributed by atoms with Crippen LogP contribution in [-0.2, 0) is 10.0 Å². The van der Waals surface area contributed by atoms with E-state index in [-0.39, 0.29) is 27.6 Å². The Hall–Kier alpha value is -2.81. The van der Waals surface area contributed by atoms with Gasteiger partial charge in [0.2, 0.25) is 0 Å². The topological polar surface area (TPSA) is 102 Å². The average molecular weight is 355 g/mol. The minimum Gasteiger partial charge on any atom is -0.497 e. The molecule has 0 aliphatic rings. The lowest BCUT2D eigenvalue weighted by Crippen LogP contribution is -2.16. The minimum atomic E-state index is -4.22. The van der Waals surface area contributed by atoms with Gasteiger partial charge in [0.1, 0.15) is 23.0 Å². The Morgan fingerprint density at radius 1 is 1.17 bits per heavy atom. The first kappa shape index (κ1) is 17.5. The van der Waals surface area contributed by atoms with Gasteiger partial charge in [-0.1, -0.05) is 6.07 Å². The largest absolute Gasteiger partial charge is 0.497 e. The van der Waals surface area contributed by atoms with Crippen molar-refractivity contribution in [2.45, 2.75) is 4.90 Å². The zero-order valence-electron chi connectivity index (χ0n) is 12.7. The van der Waals surface area contributed by atoms with Crippen molar-refractivity contribution in [3.63, 3.8) is 0 Å². The van der Waals surface area contributed by atoms with Gasteiger partial charge in [-0.05, 0) is 24.3 Å². The lowest BCUT2D eigenvalue weighted by Gasteiger charge is -2.15. The van der Waals surface area contributed by atoms with Crippen LogP contribution in [-0.4, -0.2) is 33.7 Å². The zero-order valence-corrected chi connectivity index (χ0v) is 13.6. The Morgan fingerprint density at radius 2 is 1.88 bits per heavy atom. The summed E-state index contributed by atoms with van der Waals surface area (Å²) in [5.41, 5.74) is -0.652. The molecule has 0 atom stereocenters. The number of hydrogen-bond acceptors (Lipinski definition) is 5. The second kappa shape index (κ2) is 6.75. The van der Waals surface area contributed by atoms with Crippen LogP contribution in [0.2, 0.25) is 0 Å². The maximum absolute atomic E-state index is 13.3. The van der Waals surface area contributed by atoms with E-state index in [9.17, 15) is 22.7 Å². The number of carboxylic acid groups (broad SMARTS) is 1. The van der Waals surface area contributed by atoms with Gasteiger partial charge in [-0.25, -0.2) is 17.6 Å². The molecule has 0 spiro atoms. The number of halogens is 1. The van der Waals surface area contributed by atoms with Crippen LogP contribution in [0.25, 0.3) is 0 Å². The van der Waals surface area contributed by atoms with Gasteiger partial charge < -0.3 is 14.6 Å². The van der Waals surface area contributed by atoms with Crippen molar-refractivity contribution in [1.29, 1.82) is 0 Å². The molecule has 0 radical (unpaired) electrons. The lowest BCUT2D eigenvalue weighted by molar-refractivity contribution is 0.0697. The number of rotatable bonds is 6. The SMILES string of the molecule is COc1cc(OC)c(NS(=O)(=O)c2cccc(F)c2)c(C(=O)O)c1. The molecule has 128 valence electrons. The van der Waals surface area contributed by atoms with Gasteiger partial charge in [0.15, 0.2) is 0 Å². The summed E-state index contributed by atoms with van der Waals surface area (Å²) in [5.74, 6) is -1.99. The first-order chi connectivity index (χ1) is 11.3. The molecular weight excluding hydrogens is 341 g/mol. The fraction of sp³-hybridized carbons (Fsp3) is 0.133. The summed E-state index contributed by atoms with van der Waals surface area (Å²) in [6.07, 6.45) is 0. The van der Waals surface area contributed by atoms with Crippen molar-refractivity contribution in [2.75, 3.05) is 18.9 Å². The van der Waals surface area contributed by atoms with E-state index >= 15 is 0 Å². The summed E-state index contributed by atoms with van der Waals surface area (Å²) in [6, 6.07) is 6.80. The van der Waals surface area contributed by atoms with Crippen LogP contribution in [0.15, 0.2) is 41.3 Å². The van der Waals surface area contributed by atoms with Crippen molar-refractivity contribution in [3.05, 3.63) is 47.8 Å². The molecule has 0 saturated carbocycles. The maximum atomic E-state index is 13.3. The van der Waals surface area contributed by atoms with E-state index in [1.54, 1.807) is 0 Å². The van der Waals surface area contributed by atoms with E-state index in [0.717, 1.165) is 18.2 Å². The number of carbonyl (C=O) groups is 1. The Balaban J connectivity index is 2.57. The number of hydrogen-bond donors (Lipinski definition) is 2. The molecule has 0 unspecified atom stereocenters. The number of carboxylic acids is 1. The van der Waals surface area contributed by atoms with E-state index in [0.29, 0.717) is 0 Å². The lowest BCUT2D eigenvalue weighted by atomic mass is 10.1. The summed E-state index contributed by atoms with van der Waals surface area (Å²) in [5, 5.41) is 9.31. The Bertz CT molecular complexity index is 882. The molecule has 0 heterocycles. The molecule has 0 aromatic heterocycles. The van der Waals surface area contributed by atoms with Crippen LogP contribution in [0.5, 0.6) is 11.5 Å². The number of nitrogens with one attached hydrogen (secondary N) is 1. The molecule has 0 aliphatic heterocycles. The molecule has 0 aliphatic carbocycles. The monoisotopic (exact) mass is 355 g/mol. The molecule has 2 aromatic carbocycles. The molecule has 7 nitrogen and oxygen atoms in total. The summed E-state index contributed by atoms with van der Waals surface area (Å²) in [6.45, 7) is 0. The van der Waals surface area contributed by atoms with Crippen LogP contribution in [0.4, 0.5) is 10.1 Å². The molecule has 9 heteroatoms. The fourth-order valence-electron chi connectivity index (χ4n) is 1.97. The third kappa shape index (κ3) is 3.57. The minimum absolute atomic E-state index is 0.0493. The van der Waals surface area contributed by atoms with Gasteiger partial charge in [-0.15, -0.1) is 0 Å². The van der Waals surface area contributed by atoms with Gasteiger partial charge in [0.25, 0.3) is 10.0 Å². The Kier molecular flexibility index (Phi) is 4.93. The Morgan fingerprint density at radius 3 is 2.42 bits per heavy atom. The molecule has 0 bridgehead atoms. The highest BCUT2D eigenvalue weighted by molar-refractivity contribution is 7.92. The first-order valence-electron chi connectivity index (χ1n) is 6.56. The second-order valence-corrected chi connectivity index (χ2v) is 6.30. The second-order valence-electron chi connectivity index (χ2n) is 4.62. The number of sulfonamides is 1. The number of benzene rings is 2. The third-order valence-electron chi connectivity index (χ3n) is 3.10. The van der Waals surface area contributed by atoms with Crippen molar-refractivity contribution < 1.29 is 32.2 Å². The van der Waals surface area contributed by atoms with Crippen LogP contribution in [0.1, 0.15) is 10.4 Å². The smallest absolute Gasteiger partial charge is 0.338 e. The standard InChI is InChI=1S/C15H14FNO6S/c1-22-10-7-12(15(18)19)14(13(8-10)23-2)17-24(20,21)11-5-3-4-9(16)6-11/h3-8,17H,1-2H3,(H,18,19). The van der Waals surface area contributed by atoms with E-state index in [4.69, 9.17) is 9.47 Å². The molecular formula is C15H14FNO6S. The summed E-state index contributed by atoms with van der Waals surface area (Å²) in [7, 11) is -1.64. The summed E-state index contributed by atoms with van der Waals surface area (Å²) < 4.78 is 50.2. The van der Waals surface area contributed by atoms with Gasteiger partial charge >= 0.3 is 5.97 Å². The molecule has 2 N–H and O–H groups in total.